The van der Waals surface area contributed by atoms with Crippen LogP contribution in [0.1, 0.15) is 12.6 Å². The Morgan fingerprint density at radius 3 is 2.62 bits per heavy atom. The Labute approximate surface area is 142 Å². The fraction of sp³-hybridized carbons (Fsp3) is 0.250. The van der Waals surface area contributed by atoms with Gasteiger partial charge in [-0.25, -0.2) is 0 Å². The molecule has 0 saturated heterocycles. The van der Waals surface area contributed by atoms with E-state index in [1.807, 2.05) is 42.5 Å². The van der Waals surface area contributed by atoms with Crippen molar-refractivity contribution in [2.24, 2.45) is 0 Å². The van der Waals surface area contributed by atoms with E-state index in [1.54, 1.807) is 6.92 Å². The average molecular weight is 322 g/mol. The number of rotatable bonds is 6. The largest absolute Gasteiger partial charge is 0.481 e. The van der Waals surface area contributed by atoms with Crippen LogP contribution in [-0.4, -0.2) is 23.1 Å². The topological polar surface area (TPSA) is 43.3 Å². The monoisotopic (exact) mass is 322 g/mol. The van der Waals surface area contributed by atoms with Crippen molar-refractivity contribution in [2.75, 3.05) is 6.54 Å². The van der Waals surface area contributed by atoms with E-state index in [0.29, 0.717) is 12.3 Å². The van der Waals surface area contributed by atoms with Crippen LogP contribution in [0, 0.1) is 6.92 Å². The molecule has 0 radical (unpaired) electrons. The molecule has 0 aliphatic carbocycles. The van der Waals surface area contributed by atoms with Gasteiger partial charge in [-0.15, -0.1) is 0 Å². The second-order valence-electron chi connectivity index (χ2n) is 5.86. The van der Waals surface area contributed by atoms with Gasteiger partial charge in [0, 0.05) is 24.3 Å². The summed E-state index contributed by atoms with van der Waals surface area (Å²) in [5.41, 5.74) is 2.39. The second-order valence-corrected chi connectivity index (χ2v) is 5.86. The summed E-state index contributed by atoms with van der Waals surface area (Å²) in [6.07, 6.45) is -0.519. The van der Waals surface area contributed by atoms with Crippen molar-refractivity contribution in [3.05, 3.63) is 66.4 Å². The third-order valence-corrected chi connectivity index (χ3v) is 4.08. The van der Waals surface area contributed by atoms with E-state index < -0.39 is 6.10 Å². The van der Waals surface area contributed by atoms with E-state index in [-0.39, 0.29) is 5.91 Å². The SMILES string of the molecule is Cc1cc2ccccc2n1CCNC(=O)[C@@H](C)Oc1ccccc1. The fourth-order valence-electron chi connectivity index (χ4n) is 2.84. The molecule has 1 aromatic heterocycles. The molecule has 3 rings (SSSR count). The van der Waals surface area contributed by atoms with Crippen LogP contribution in [0.4, 0.5) is 0 Å². The molecule has 1 atom stereocenters. The molecule has 4 heteroatoms. The Hall–Kier alpha value is -2.75. The first-order valence-electron chi connectivity index (χ1n) is 8.19. The molecule has 0 aliphatic rings. The van der Waals surface area contributed by atoms with Gasteiger partial charge in [0.05, 0.1) is 0 Å². The molecule has 4 nitrogen and oxygen atoms in total. The van der Waals surface area contributed by atoms with Gasteiger partial charge in [-0.2, -0.15) is 0 Å². The highest BCUT2D eigenvalue weighted by atomic mass is 16.5. The minimum atomic E-state index is -0.519. The van der Waals surface area contributed by atoms with Crippen molar-refractivity contribution in [2.45, 2.75) is 26.5 Å². The number of hydrogen-bond donors (Lipinski definition) is 1. The van der Waals surface area contributed by atoms with Crippen molar-refractivity contribution in [1.82, 2.24) is 9.88 Å². The number of fused-ring (bicyclic) bond motifs is 1. The van der Waals surface area contributed by atoms with E-state index in [0.717, 1.165) is 6.54 Å². The Morgan fingerprint density at radius 2 is 1.83 bits per heavy atom. The van der Waals surface area contributed by atoms with Crippen LogP contribution in [0.25, 0.3) is 10.9 Å². The number of hydrogen-bond acceptors (Lipinski definition) is 2. The minimum Gasteiger partial charge on any atom is -0.481 e. The highest BCUT2D eigenvalue weighted by Gasteiger charge is 2.14. The first-order valence-corrected chi connectivity index (χ1v) is 8.19. The molecule has 24 heavy (non-hydrogen) atoms. The van der Waals surface area contributed by atoms with Gasteiger partial charge >= 0.3 is 0 Å². The number of amides is 1. The number of para-hydroxylation sites is 2. The third kappa shape index (κ3) is 3.59. The van der Waals surface area contributed by atoms with Gasteiger partial charge in [0.1, 0.15) is 5.75 Å². The van der Waals surface area contributed by atoms with Gasteiger partial charge in [-0.1, -0.05) is 36.4 Å². The normalized spacial score (nSPS) is 12.1. The summed E-state index contributed by atoms with van der Waals surface area (Å²) in [6, 6.07) is 19.8. The number of ether oxygens (including phenoxy) is 1. The molecule has 1 N–H and O–H groups in total. The summed E-state index contributed by atoms with van der Waals surface area (Å²) in [5, 5.41) is 4.17. The number of nitrogens with zero attached hydrogens (tertiary/aromatic N) is 1. The Morgan fingerprint density at radius 1 is 1.12 bits per heavy atom. The molecular weight excluding hydrogens is 300 g/mol. The van der Waals surface area contributed by atoms with Crippen LogP contribution in [0.3, 0.4) is 0 Å². The Kier molecular flexibility index (Phi) is 4.85. The molecule has 0 fully saturated rings. The maximum atomic E-state index is 12.2. The van der Waals surface area contributed by atoms with Gasteiger partial charge in [0.25, 0.3) is 5.91 Å². The number of carbonyl (C=O) groups excluding carboxylic acids is 1. The van der Waals surface area contributed by atoms with Crippen LogP contribution in [0.2, 0.25) is 0 Å². The fourth-order valence-corrected chi connectivity index (χ4v) is 2.84. The maximum absolute atomic E-state index is 12.2. The van der Waals surface area contributed by atoms with Gasteiger partial charge in [0.2, 0.25) is 0 Å². The van der Waals surface area contributed by atoms with Gasteiger partial charge in [-0.3, -0.25) is 4.79 Å². The standard InChI is InChI=1S/C20H22N2O2/c1-15-14-17-8-6-7-11-19(17)22(15)13-12-21-20(23)16(2)24-18-9-4-3-5-10-18/h3-11,14,16H,12-13H2,1-2H3,(H,21,23)/t16-/m1/s1. The first-order chi connectivity index (χ1) is 11.6. The molecule has 0 saturated carbocycles. The Bertz CT molecular complexity index is 824. The Balaban J connectivity index is 1.55. The lowest BCUT2D eigenvalue weighted by atomic mass is 10.2. The molecule has 3 aromatic rings. The predicted octanol–water partition coefficient (Wildman–Crippen LogP) is 3.53. The van der Waals surface area contributed by atoms with Crippen molar-refractivity contribution in [3.8, 4) is 5.75 Å². The summed E-state index contributed by atoms with van der Waals surface area (Å²) in [5.74, 6) is 0.598. The lowest BCUT2D eigenvalue weighted by Crippen LogP contribution is -2.38. The number of aryl methyl sites for hydroxylation is 1. The quantitative estimate of drug-likeness (QED) is 0.754. The van der Waals surface area contributed by atoms with Crippen molar-refractivity contribution >= 4 is 16.8 Å². The smallest absolute Gasteiger partial charge is 0.260 e. The average Bonchev–Trinajstić information content (AvgIpc) is 2.91. The molecular formula is C20H22N2O2. The van der Waals surface area contributed by atoms with Crippen LogP contribution in [0.5, 0.6) is 5.75 Å². The molecule has 0 unspecified atom stereocenters. The van der Waals surface area contributed by atoms with Crippen LogP contribution in [0.15, 0.2) is 60.7 Å². The van der Waals surface area contributed by atoms with Crippen molar-refractivity contribution in [1.29, 1.82) is 0 Å². The summed E-state index contributed by atoms with van der Waals surface area (Å²) >= 11 is 0. The summed E-state index contributed by atoms with van der Waals surface area (Å²) in [7, 11) is 0. The van der Waals surface area contributed by atoms with E-state index in [2.05, 4.69) is 35.0 Å². The van der Waals surface area contributed by atoms with Crippen LogP contribution >= 0.6 is 0 Å². The van der Waals surface area contributed by atoms with E-state index in [9.17, 15) is 4.79 Å². The second kappa shape index (κ2) is 7.21. The maximum Gasteiger partial charge on any atom is 0.260 e. The number of benzene rings is 2. The van der Waals surface area contributed by atoms with Crippen LogP contribution in [-0.2, 0) is 11.3 Å². The van der Waals surface area contributed by atoms with E-state index >= 15 is 0 Å². The van der Waals surface area contributed by atoms with Gasteiger partial charge < -0.3 is 14.6 Å². The lowest BCUT2D eigenvalue weighted by molar-refractivity contribution is -0.127. The molecule has 0 spiro atoms. The van der Waals surface area contributed by atoms with E-state index in [1.165, 1.54) is 16.6 Å². The van der Waals surface area contributed by atoms with Gasteiger partial charge in [-0.05, 0) is 43.5 Å². The predicted molar refractivity (Wildman–Crippen MR) is 96.2 cm³/mol. The molecule has 124 valence electrons. The van der Waals surface area contributed by atoms with Crippen molar-refractivity contribution < 1.29 is 9.53 Å². The highest BCUT2D eigenvalue weighted by molar-refractivity contribution is 5.82. The summed E-state index contributed by atoms with van der Waals surface area (Å²) < 4.78 is 7.86. The third-order valence-electron chi connectivity index (χ3n) is 4.08. The summed E-state index contributed by atoms with van der Waals surface area (Å²) in [6.45, 7) is 5.16. The number of aromatic nitrogens is 1. The zero-order chi connectivity index (χ0) is 16.9. The van der Waals surface area contributed by atoms with Gasteiger partial charge in [0.15, 0.2) is 6.10 Å². The highest BCUT2D eigenvalue weighted by Crippen LogP contribution is 2.18. The number of nitrogens with one attached hydrogen (secondary N) is 1. The lowest BCUT2D eigenvalue weighted by Gasteiger charge is -2.15. The van der Waals surface area contributed by atoms with Crippen LogP contribution < -0.4 is 10.1 Å². The molecule has 0 aliphatic heterocycles. The first kappa shape index (κ1) is 16.1. The summed E-state index contributed by atoms with van der Waals surface area (Å²) in [4.78, 5) is 12.2. The molecule has 0 bridgehead atoms. The molecule has 1 heterocycles. The minimum absolute atomic E-state index is 0.104. The zero-order valence-corrected chi connectivity index (χ0v) is 14.0. The molecule has 1 amide bonds. The van der Waals surface area contributed by atoms with Crippen molar-refractivity contribution in [3.63, 3.8) is 0 Å². The molecule has 2 aromatic carbocycles. The number of carbonyl (C=O) groups is 1. The van der Waals surface area contributed by atoms with E-state index in [4.69, 9.17) is 4.74 Å². The zero-order valence-electron chi connectivity index (χ0n) is 14.0.